The molecule has 5 heteroatoms. The van der Waals surface area contributed by atoms with Gasteiger partial charge < -0.3 is 14.2 Å². The molecular weight excluding hydrogens is 386 g/mol. The van der Waals surface area contributed by atoms with E-state index in [2.05, 4.69) is 6.92 Å². The van der Waals surface area contributed by atoms with Crippen LogP contribution in [0.4, 0.5) is 8.78 Å². The molecule has 30 heavy (non-hydrogen) atoms. The van der Waals surface area contributed by atoms with Crippen LogP contribution in [0.15, 0.2) is 12.1 Å². The molecule has 1 heterocycles. The quantitative estimate of drug-likeness (QED) is 0.386. The third-order valence-electron chi connectivity index (χ3n) is 6.82. The molecule has 3 nitrogen and oxygen atoms in total. The van der Waals surface area contributed by atoms with Crippen molar-refractivity contribution in [1.82, 2.24) is 0 Å². The van der Waals surface area contributed by atoms with Gasteiger partial charge in [0.05, 0.1) is 32.0 Å². The Kier molecular flexibility index (Phi) is 9.38. The van der Waals surface area contributed by atoms with Crippen LogP contribution >= 0.6 is 0 Å². The van der Waals surface area contributed by atoms with Crippen molar-refractivity contribution >= 4 is 0 Å². The minimum atomic E-state index is -0.924. The lowest BCUT2D eigenvalue weighted by molar-refractivity contribution is -0.0542. The zero-order valence-electron chi connectivity index (χ0n) is 18.6. The molecule has 0 spiro atoms. The van der Waals surface area contributed by atoms with Gasteiger partial charge in [0, 0.05) is 5.56 Å². The molecule has 2 atom stereocenters. The SMILES string of the molecule is CCCCCC1CCC(C2CCC(OCc3ccc(OCC)c(F)c3F)CC2)CO1. The number of benzene rings is 1. The van der Waals surface area contributed by atoms with Crippen molar-refractivity contribution in [3.63, 3.8) is 0 Å². The summed E-state index contributed by atoms with van der Waals surface area (Å²) in [7, 11) is 0. The van der Waals surface area contributed by atoms with Gasteiger partial charge in [-0.3, -0.25) is 0 Å². The molecule has 170 valence electrons. The Morgan fingerprint density at radius 3 is 2.37 bits per heavy atom. The summed E-state index contributed by atoms with van der Waals surface area (Å²) in [5, 5.41) is 0. The molecule has 1 saturated carbocycles. The first-order valence-corrected chi connectivity index (χ1v) is 11.9. The molecule has 0 N–H and O–H groups in total. The van der Waals surface area contributed by atoms with Gasteiger partial charge in [-0.25, -0.2) is 4.39 Å². The van der Waals surface area contributed by atoms with Gasteiger partial charge in [-0.2, -0.15) is 4.39 Å². The number of rotatable bonds is 10. The standard InChI is InChI=1S/C25H38F2O3/c1-3-5-6-7-21-14-10-19(16-29-21)18-8-12-22(13-9-18)30-17-20-11-15-23(28-4-2)25(27)24(20)26/h11,15,18-19,21-22H,3-10,12-14,16-17H2,1-2H3. The lowest BCUT2D eigenvalue weighted by Gasteiger charge is -2.37. The van der Waals surface area contributed by atoms with E-state index in [1.165, 1.54) is 44.6 Å². The summed E-state index contributed by atoms with van der Waals surface area (Å²) in [6, 6.07) is 3.04. The third-order valence-corrected chi connectivity index (χ3v) is 6.82. The Morgan fingerprint density at radius 2 is 1.70 bits per heavy atom. The second kappa shape index (κ2) is 12.0. The van der Waals surface area contributed by atoms with E-state index >= 15 is 0 Å². The Labute approximate surface area is 180 Å². The second-order valence-electron chi connectivity index (χ2n) is 8.92. The first-order chi connectivity index (χ1) is 14.6. The van der Waals surface area contributed by atoms with E-state index in [-0.39, 0.29) is 24.0 Å². The summed E-state index contributed by atoms with van der Waals surface area (Å²) in [6.45, 7) is 5.31. The number of ether oxygens (including phenoxy) is 3. The minimum absolute atomic E-state index is 0.0402. The normalized spacial score (nSPS) is 27.2. The van der Waals surface area contributed by atoms with E-state index in [9.17, 15) is 8.78 Å². The molecule has 0 radical (unpaired) electrons. The summed E-state index contributed by atoms with van der Waals surface area (Å²) >= 11 is 0. The van der Waals surface area contributed by atoms with Crippen LogP contribution in [0.5, 0.6) is 5.75 Å². The van der Waals surface area contributed by atoms with Crippen LogP contribution in [-0.4, -0.2) is 25.4 Å². The van der Waals surface area contributed by atoms with Crippen molar-refractivity contribution < 1.29 is 23.0 Å². The van der Waals surface area contributed by atoms with Crippen LogP contribution < -0.4 is 4.74 Å². The maximum absolute atomic E-state index is 14.2. The predicted octanol–water partition coefficient (Wildman–Crippen LogP) is 6.81. The first-order valence-electron chi connectivity index (χ1n) is 11.9. The maximum atomic E-state index is 14.2. The molecule has 0 aromatic heterocycles. The first kappa shape index (κ1) is 23.5. The van der Waals surface area contributed by atoms with Gasteiger partial charge >= 0.3 is 0 Å². The van der Waals surface area contributed by atoms with E-state index in [0.717, 1.165) is 32.3 Å². The summed E-state index contributed by atoms with van der Waals surface area (Å²) in [5.41, 5.74) is 0.257. The Bertz CT molecular complexity index is 636. The lowest BCUT2D eigenvalue weighted by atomic mass is 9.76. The average Bonchev–Trinajstić information content (AvgIpc) is 2.78. The maximum Gasteiger partial charge on any atom is 0.200 e. The smallest absolute Gasteiger partial charge is 0.200 e. The fourth-order valence-electron chi connectivity index (χ4n) is 4.93. The van der Waals surface area contributed by atoms with Gasteiger partial charge in [-0.15, -0.1) is 0 Å². The minimum Gasteiger partial charge on any atom is -0.491 e. The van der Waals surface area contributed by atoms with Crippen molar-refractivity contribution in [3.05, 3.63) is 29.3 Å². The lowest BCUT2D eigenvalue weighted by Crippen LogP contribution is -2.33. The van der Waals surface area contributed by atoms with Crippen LogP contribution in [0.3, 0.4) is 0 Å². The molecular formula is C25H38F2O3. The molecule has 1 aromatic carbocycles. The fourth-order valence-corrected chi connectivity index (χ4v) is 4.93. The molecule has 1 saturated heterocycles. The van der Waals surface area contributed by atoms with Gasteiger partial charge in [0.15, 0.2) is 11.6 Å². The number of halogens is 2. The number of hydrogen-bond donors (Lipinski definition) is 0. The van der Waals surface area contributed by atoms with Crippen LogP contribution in [0.2, 0.25) is 0 Å². The molecule has 0 amide bonds. The van der Waals surface area contributed by atoms with E-state index in [1.807, 2.05) is 0 Å². The van der Waals surface area contributed by atoms with Crippen molar-refractivity contribution in [2.75, 3.05) is 13.2 Å². The highest BCUT2D eigenvalue weighted by molar-refractivity contribution is 5.30. The molecule has 0 bridgehead atoms. The molecule has 2 fully saturated rings. The van der Waals surface area contributed by atoms with Crippen LogP contribution in [0.1, 0.15) is 83.6 Å². The summed E-state index contributed by atoms with van der Waals surface area (Å²) in [4.78, 5) is 0. The average molecular weight is 425 g/mol. The topological polar surface area (TPSA) is 27.7 Å². The van der Waals surface area contributed by atoms with Gasteiger partial charge in [0.1, 0.15) is 0 Å². The van der Waals surface area contributed by atoms with Crippen molar-refractivity contribution in [1.29, 1.82) is 0 Å². The molecule has 1 aromatic rings. The highest BCUT2D eigenvalue weighted by atomic mass is 19.2. The monoisotopic (exact) mass is 424 g/mol. The zero-order valence-corrected chi connectivity index (χ0v) is 18.6. The van der Waals surface area contributed by atoms with E-state index in [0.29, 0.717) is 24.5 Å². The van der Waals surface area contributed by atoms with Crippen molar-refractivity contribution in [3.8, 4) is 5.75 Å². The van der Waals surface area contributed by atoms with Gasteiger partial charge in [-0.05, 0) is 75.8 Å². The highest BCUT2D eigenvalue weighted by Crippen LogP contribution is 2.37. The second-order valence-corrected chi connectivity index (χ2v) is 8.92. The molecule has 3 rings (SSSR count). The zero-order chi connectivity index (χ0) is 21.3. The van der Waals surface area contributed by atoms with Crippen LogP contribution in [0.25, 0.3) is 0 Å². The predicted molar refractivity (Wildman–Crippen MR) is 115 cm³/mol. The summed E-state index contributed by atoms with van der Waals surface area (Å²) < 4.78 is 45.4. The molecule has 2 unspecified atom stereocenters. The Morgan fingerprint density at radius 1 is 0.933 bits per heavy atom. The van der Waals surface area contributed by atoms with Crippen molar-refractivity contribution in [2.45, 2.75) is 96.9 Å². The van der Waals surface area contributed by atoms with E-state index in [1.54, 1.807) is 13.0 Å². The summed E-state index contributed by atoms with van der Waals surface area (Å²) in [6.07, 6.45) is 12.4. The van der Waals surface area contributed by atoms with Gasteiger partial charge in [0.2, 0.25) is 5.82 Å². The van der Waals surface area contributed by atoms with E-state index in [4.69, 9.17) is 14.2 Å². The molecule has 1 aliphatic carbocycles. The third kappa shape index (κ3) is 6.40. The number of unbranched alkanes of at least 4 members (excludes halogenated alkanes) is 2. The highest BCUT2D eigenvalue weighted by Gasteiger charge is 2.31. The van der Waals surface area contributed by atoms with Gasteiger partial charge in [-0.1, -0.05) is 26.2 Å². The van der Waals surface area contributed by atoms with Gasteiger partial charge in [0.25, 0.3) is 0 Å². The Hall–Kier alpha value is -1.20. The molecule has 2 aliphatic rings. The Balaban J connectivity index is 1.38. The largest absolute Gasteiger partial charge is 0.491 e. The fraction of sp³-hybridized carbons (Fsp3) is 0.760. The van der Waals surface area contributed by atoms with Crippen LogP contribution in [-0.2, 0) is 16.1 Å². The van der Waals surface area contributed by atoms with Crippen LogP contribution in [0, 0.1) is 23.5 Å². The van der Waals surface area contributed by atoms with Crippen molar-refractivity contribution in [2.24, 2.45) is 11.8 Å². The molecule has 1 aliphatic heterocycles. The summed E-state index contributed by atoms with van der Waals surface area (Å²) in [5.74, 6) is -0.442. The van der Waals surface area contributed by atoms with E-state index < -0.39 is 11.6 Å². The number of hydrogen-bond acceptors (Lipinski definition) is 3.